The molecule has 0 radical (unpaired) electrons. The van der Waals surface area contributed by atoms with Gasteiger partial charge in [0.1, 0.15) is 6.04 Å². The van der Waals surface area contributed by atoms with Crippen molar-refractivity contribution < 1.29 is 14.3 Å². The number of unbranched alkanes of at least 4 members (excludes halogenated alkanes) is 8. The number of hydrogen-bond acceptors (Lipinski definition) is 5. The molecule has 0 amide bonds. The van der Waals surface area contributed by atoms with Crippen LogP contribution in [0, 0.1) is 5.41 Å². The molecule has 148 valence electrons. The molecule has 0 rings (SSSR count). The predicted molar refractivity (Wildman–Crippen MR) is 107 cm³/mol. The van der Waals surface area contributed by atoms with Crippen molar-refractivity contribution in [2.45, 2.75) is 90.0 Å². The van der Waals surface area contributed by atoms with Crippen molar-refractivity contribution >= 4 is 47.5 Å². The summed E-state index contributed by atoms with van der Waals surface area (Å²) in [5.74, 6) is -1.29. The monoisotopic (exact) mass is 380 g/mol. The molecule has 0 aromatic rings. The van der Waals surface area contributed by atoms with Crippen molar-refractivity contribution in [2.75, 3.05) is 6.54 Å². The van der Waals surface area contributed by atoms with Gasteiger partial charge < -0.3 is 21.5 Å². The van der Waals surface area contributed by atoms with E-state index >= 15 is 0 Å². The molecule has 0 aliphatic heterocycles. The first-order valence-electron chi connectivity index (χ1n) is 9.55. The fourth-order valence-corrected chi connectivity index (χ4v) is 2.48. The average molecular weight is 381 g/mol. The number of nitrogens with one attached hydrogen (secondary N) is 2. The van der Waals surface area contributed by atoms with E-state index in [0.717, 1.165) is 19.3 Å². The van der Waals surface area contributed by atoms with Gasteiger partial charge in [-0.2, -0.15) is 0 Å². The molecule has 7 nitrogen and oxygen atoms in total. The summed E-state index contributed by atoms with van der Waals surface area (Å²) in [5, 5.41) is 9.63. The molecule has 0 aromatic carbocycles. The Balaban J connectivity index is 0. The van der Waals surface area contributed by atoms with Crippen LogP contribution >= 0.6 is 0 Å². The summed E-state index contributed by atoms with van der Waals surface area (Å²) in [7, 11) is 0. The van der Waals surface area contributed by atoms with E-state index in [4.69, 9.17) is 21.6 Å². The molecule has 0 spiro atoms. The van der Waals surface area contributed by atoms with Gasteiger partial charge in [-0.25, -0.2) is 4.79 Å². The minimum absolute atomic E-state index is 0. The van der Waals surface area contributed by atoms with Crippen LogP contribution in [-0.2, 0) is 14.3 Å². The van der Waals surface area contributed by atoms with Crippen LogP contribution in [0.4, 0.5) is 0 Å². The number of esters is 2. The zero-order chi connectivity index (χ0) is 18.9. The van der Waals surface area contributed by atoms with Crippen LogP contribution in [0.5, 0.6) is 0 Å². The molecule has 0 aliphatic carbocycles. The first-order chi connectivity index (χ1) is 12.0. The molecular formula is C18H37N4NaO3. The summed E-state index contributed by atoms with van der Waals surface area (Å²) in [4.78, 5) is 23.3. The molecule has 8 heteroatoms. The topological polar surface area (TPSA) is 131 Å². The fraction of sp³-hybridized carbons (Fsp3) is 0.833. The Morgan fingerprint density at radius 2 is 1.54 bits per heavy atom. The summed E-state index contributed by atoms with van der Waals surface area (Å²) in [6, 6.07) is -0.819. The summed E-state index contributed by atoms with van der Waals surface area (Å²) >= 11 is 0. The summed E-state index contributed by atoms with van der Waals surface area (Å²) in [6.07, 6.45) is 11.7. The molecular weight excluding hydrogens is 343 g/mol. The van der Waals surface area contributed by atoms with Crippen molar-refractivity contribution in [3.8, 4) is 0 Å². The number of rotatable bonds is 15. The zero-order valence-electron chi connectivity index (χ0n) is 15.6. The summed E-state index contributed by atoms with van der Waals surface area (Å²) < 4.78 is 4.77. The van der Waals surface area contributed by atoms with E-state index in [-0.39, 0.29) is 41.9 Å². The number of hydrogen-bond donors (Lipinski definition) is 4. The molecule has 6 N–H and O–H groups in total. The summed E-state index contributed by atoms with van der Waals surface area (Å²) in [6.45, 7) is 2.67. The molecule has 0 fully saturated rings. The third-order valence-electron chi connectivity index (χ3n) is 4.01. The standard InChI is InChI=1S/C18H36N4O3.Na.H/c1-2-3-4-5-6-7-8-9-10-13-16(23)25-17(24)15(19)12-11-14-22-18(20)21;;/h15H,2-14,19H2,1H3,(H4,20,21,22);;/t15-;;/m0../s1. The minimum atomic E-state index is -0.819. The number of guanidine groups is 1. The molecule has 1 atom stereocenters. The van der Waals surface area contributed by atoms with Crippen LogP contribution in [0.15, 0.2) is 0 Å². The number of ether oxygens (including phenoxy) is 1. The van der Waals surface area contributed by atoms with Crippen LogP contribution in [0.25, 0.3) is 0 Å². The van der Waals surface area contributed by atoms with E-state index in [1.54, 1.807) is 0 Å². The van der Waals surface area contributed by atoms with Gasteiger partial charge in [0.15, 0.2) is 5.96 Å². The first-order valence-corrected chi connectivity index (χ1v) is 9.55. The number of nitrogens with two attached hydrogens (primary N) is 2. The van der Waals surface area contributed by atoms with Gasteiger partial charge in [0, 0.05) is 13.0 Å². The second kappa shape index (κ2) is 19.1. The van der Waals surface area contributed by atoms with Crippen LogP contribution in [0.2, 0.25) is 0 Å². The van der Waals surface area contributed by atoms with Gasteiger partial charge in [0.25, 0.3) is 0 Å². The molecule has 0 aliphatic rings. The van der Waals surface area contributed by atoms with Gasteiger partial charge in [-0.3, -0.25) is 10.2 Å². The third-order valence-corrected chi connectivity index (χ3v) is 4.01. The van der Waals surface area contributed by atoms with Crippen molar-refractivity contribution in [3.63, 3.8) is 0 Å². The zero-order valence-corrected chi connectivity index (χ0v) is 15.6. The molecule has 0 saturated carbocycles. The van der Waals surface area contributed by atoms with Crippen LogP contribution < -0.4 is 16.8 Å². The maximum atomic E-state index is 11.7. The van der Waals surface area contributed by atoms with Gasteiger partial charge in [-0.05, 0) is 19.3 Å². The second-order valence-corrected chi connectivity index (χ2v) is 6.46. The van der Waals surface area contributed by atoms with Gasteiger partial charge >= 0.3 is 41.5 Å². The second-order valence-electron chi connectivity index (χ2n) is 6.46. The quantitative estimate of drug-likeness (QED) is 0.0857. The molecule has 0 heterocycles. The van der Waals surface area contributed by atoms with E-state index in [9.17, 15) is 9.59 Å². The fourth-order valence-electron chi connectivity index (χ4n) is 2.48. The van der Waals surface area contributed by atoms with E-state index in [2.05, 4.69) is 12.2 Å². The molecule has 26 heavy (non-hydrogen) atoms. The Kier molecular flexibility index (Phi) is 20.3. The number of carbonyl (C=O) groups is 2. The van der Waals surface area contributed by atoms with E-state index in [1.807, 2.05) is 0 Å². The average Bonchev–Trinajstić information content (AvgIpc) is 2.56. The van der Waals surface area contributed by atoms with Crippen LogP contribution in [0.3, 0.4) is 0 Å². The van der Waals surface area contributed by atoms with Crippen molar-refractivity contribution in [2.24, 2.45) is 11.5 Å². The maximum absolute atomic E-state index is 11.7. The molecule has 0 bridgehead atoms. The SMILES string of the molecule is CCCCCCCCCCCC(=O)OC(=O)[C@@H](N)CCCNC(=N)N.[NaH]. The van der Waals surface area contributed by atoms with Crippen LogP contribution in [-0.4, -0.2) is 60.0 Å². The van der Waals surface area contributed by atoms with Gasteiger partial charge in [0.05, 0.1) is 0 Å². The van der Waals surface area contributed by atoms with Gasteiger partial charge in [-0.15, -0.1) is 0 Å². The molecule has 0 aromatic heterocycles. The third kappa shape index (κ3) is 18.2. The number of carbonyl (C=O) groups excluding carboxylic acids is 2. The Morgan fingerprint density at radius 3 is 2.08 bits per heavy atom. The van der Waals surface area contributed by atoms with Gasteiger partial charge in [0.2, 0.25) is 0 Å². The predicted octanol–water partition coefficient (Wildman–Crippen LogP) is 1.92. The van der Waals surface area contributed by atoms with E-state index in [1.165, 1.54) is 38.5 Å². The van der Waals surface area contributed by atoms with E-state index < -0.39 is 18.0 Å². The normalized spacial score (nSPS) is 11.3. The van der Waals surface area contributed by atoms with Crippen molar-refractivity contribution in [3.05, 3.63) is 0 Å². The Morgan fingerprint density at radius 1 is 1.00 bits per heavy atom. The summed E-state index contributed by atoms with van der Waals surface area (Å²) in [5.41, 5.74) is 10.8. The van der Waals surface area contributed by atoms with E-state index in [0.29, 0.717) is 19.4 Å². The van der Waals surface area contributed by atoms with Gasteiger partial charge in [-0.1, -0.05) is 58.3 Å². The Bertz CT molecular complexity index is 395. The van der Waals surface area contributed by atoms with Crippen LogP contribution in [0.1, 0.15) is 84.0 Å². The molecule has 0 unspecified atom stereocenters. The first kappa shape index (κ1) is 27.6. The van der Waals surface area contributed by atoms with Crippen molar-refractivity contribution in [1.29, 1.82) is 5.41 Å². The molecule has 0 saturated heterocycles. The Labute approximate surface area is 180 Å². The van der Waals surface area contributed by atoms with Crippen molar-refractivity contribution in [1.82, 2.24) is 5.32 Å². The Hall–Kier alpha value is -0.630.